The number of halogens is 1. The zero-order valence-electron chi connectivity index (χ0n) is 27.6. The van der Waals surface area contributed by atoms with Crippen molar-refractivity contribution in [1.82, 2.24) is 29.3 Å². The number of hydrogen-bond acceptors (Lipinski definition) is 6. The van der Waals surface area contributed by atoms with Gasteiger partial charge in [0.1, 0.15) is 17.8 Å². The molecule has 7 rings (SSSR count). The van der Waals surface area contributed by atoms with Gasteiger partial charge < -0.3 is 15.0 Å². The van der Waals surface area contributed by atoms with Gasteiger partial charge >= 0.3 is 5.69 Å². The summed E-state index contributed by atoms with van der Waals surface area (Å²) in [5, 5.41) is 3.09. The molecule has 0 saturated heterocycles. The summed E-state index contributed by atoms with van der Waals surface area (Å²) in [5.74, 6) is 0.141. The highest BCUT2D eigenvalue weighted by Crippen LogP contribution is 2.29. The van der Waals surface area contributed by atoms with Crippen LogP contribution in [-0.4, -0.2) is 48.0 Å². The van der Waals surface area contributed by atoms with Gasteiger partial charge in [-0.2, -0.15) is 0 Å². The average molecular weight is 722 g/mol. The lowest BCUT2D eigenvalue weighted by Gasteiger charge is -2.34. The Labute approximate surface area is 292 Å². The number of nitrogens with zero attached hydrogens (tertiary/aromatic N) is 5. The Morgan fingerprint density at radius 2 is 1.80 bits per heavy atom. The SMILES string of the molecule is CCc1cc(-c2ccccc2CNC(=O)c2c3n(c(=O)n2-c2ccc(OC4CC4)cc2)C[C@H](C)N(C(=O)c2ccc(Br)c(C)c2)C3)ncn1. The standard InChI is InChI=1S/C38H37BrN6O4/c1-4-27-18-33(42-22-41-27)31-8-6-5-7-26(31)19-40-36(46)35-34-21-43(37(47)25-9-16-32(39)23(2)17-25)24(3)20-44(34)38(48)45(35)28-10-12-29(13-11-28)49-30-14-15-30/h5-13,16-18,22,24,30H,4,14-15,19-21H2,1-3H3,(H,40,46)/t24-/m0/s1. The van der Waals surface area contributed by atoms with Crippen molar-refractivity contribution in [3.05, 3.63) is 128 Å². The Morgan fingerprint density at radius 3 is 2.53 bits per heavy atom. The van der Waals surface area contributed by atoms with E-state index < -0.39 is 5.91 Å². The molecule has 1 aliphatic heterocycles. The van der Waals surface area contributed by atoms with E-state index in [4.69, 9.17) is 4.74 Å². The van der Waals surface area contributed by atoms with E-state index in [9.17, 15) is 14.4 Å². The third-order valence-corrected chi connectivity index (χ3v) is 10.1. The maximum atomic E-state index is 14.3. The Hall–Kier alpha value is -5.03. The van der Waals surface area contributed by atoms with Gasteiger partial charge in [-0.1, -0.05) is 47.1 Å². The van der Waals surface area contributed by atoms with Gasteiger partial charge in [-0.05, 0) is 92.8 Å². The highest BCUT2D eigenvalue weighted by atomic mass is 79.9. The third kappa shape index (κ3) is 6.55. The van der Waals surface area contributed by atoms with Crippen LogP contribution in [0, 0.1) is 6.92 Å². The molecule has 1 atom stereocenters. The van der Waals surface area contributed by atoms with Crippen molar-refractivity contribution < 1.29 is 14.3 Å². The molecule has 250 valence electrons. The maximum absolute atomic E-state index is 14.3. The Bertz CT molecular complexity index is 2120. The zero-order chi connectivity index (χ0) is 34.2. The van der Waals surface area contributed by atoms with Crippen LogP contribution < -0.4 is 15.7 Å². The molecule has 5 aromatic rings. The molecule has 0 spiro atoms. The summed E-state index contributed by atoms with van der Waals surface area (Å²) in [5.41, 5.74) is 5.85. The summed E-state index contributed by atoms with van der Waals surface area (Å²) < 4.78 is 9.95. The van der Waals surface area contributed by atoms with Gasteiger partial charge in [0.15, 0.2) is 0 Å². The molecule has 0 radical (unpaired) electrons. The molecule has 11 heteroatoms. The molecule has 0 unspecified atom stereocenters. The van der Waals surface area contributed by atoms with Crippen LogP contribution in [0.2, 0.25) is 0 Å². The average Bonchev–Trinajstić information content (AvgIpc) is 3.90. The van der Waals surface area contributed by atoms with Crippen molar-refractivity contribution in [1.29, 1.82) is 0 Å². The number of nitrogens with one attached hydrogen (secondary N) is 1. The Balaban J connectivity index is 1.25. The largest absolute Gasteiger partial charge is 0.490 e. The van der Waals surface area contributed by atoms with Crippen molar-refractivity contribution in [2.75, 3.05) is 0 Å². The van der Waals surface area contributed by atoms with Crippen molar-refractivity contribution in [3.8, 4) is 22.7 Å². The van der Waals surface area contributed by atoms with E-state index in [2.05, 4.69) is 31.2 Å². The van der Waals surface area contributed by atoms with Crippen LogP contribution in [0.5, 0.6) is 5.75 Å². The van der Waals surface area contributed by atoms with Crippen LogP contribution in [-0.2, 0) is 26.1 Å². The second kappa shape index (κ2) is 13.5. The van der Waals surface area contributed by atoms with E-state index in [1.165, 1.54) is 4.57 Å². The van der Waals surface area contributed by atoms with Crippen molar-refractivity contribution in [2.45, 2.75) is 71.8 Å². The number of rotatable bonds is 9. The second-order valence-electron chi connectivity index (χ2n) is 12.7. The van der Waals surface area contributed by atoms with Crippen LogP contribution in [0.1, 0.15) is 70.1 Å². The van der Waals surface area contributed by atoms with E-state index in [1.807, 2.05) is 75.4 Å². The number of aromatic nitrogens is 4. The number of amides is 2. The molecule has 1 fully saturated rings. The molecule has 2 aliphatic rings. The van der Waals surface area contributed by atoms with Gasteiger partial charge in [0.05, 0.1) is 29.7 Å². The van der Waals surface area contributed by atoms with E-state index in [0.29, 0.717) is 16.9 Å². The molecule has 3 heterocycles. The molecule has 1 N–H and O–H groups in total. The van der Waals surface area contributed by atoms with Crippen LogP contribution in [0.4, 0.5) is 0 Å². The normalized spacial score (nSPS) is 15.5. The lowest BCUT2D eigenvalue weighted by atomic mass is 10.0. The van der Waals surface area contributed by atoms with E-state index in [-0.39, 0.29) is 49.1 Å². The topological polar surface area (TPSA) is 111 Å². The molecule has 10 nitrogen and oxygen atoms in total. The van der Waals surface area contributed by atoms with Crippen LogP contribution >= 0.6 is 15.9 Å². The smallest absolute Gasteiger partial charge is 0.333 e. The van der Waals surface area contributed by atoms with Crippen molar-refractivity contribution >= 4 is 27.7 Å². The van der Waals surface area contributed by atoms with Crippen molar-refractivity contribution in [2.24, 2.45) is 0 Å². The monoisotopic (exact) mass is 720 g/mol. The van der Waals surface area contributed by atoms with Crippen LogP contribution in [0.3, 0.4) is 0 Å². The lowest BCUT2D eigenvalue weighted by molar-refractivity contribution is 0.0610. The summed E-state index contributed by atoms with van der Waals surface area (Å²) in [4.78, 5) is 52.9. The van der Waals surface area contributed by atoms with Gasteiger partial charge in [-0.3, -0.25) is 18.7 Å². The first kappa shape index (κ1) is 32.5. The predicted octanol–water partition coefficient (Wildman–Crippen LogP) is 6.25. The van der Waals surface area contributed by atoms with Gasteiger partial charge in [-0.15, -0.1) is 0 Å². The Morgan fingerprint density at radius 1 is 1.02 bits per heavy atom. The van der Waals surface area contributed by atoms with Gasteiger partial charge in [-0.25, -0.2) is 14.8 Å². The minimum absolute atomic E-state index is 0.0975. The molecule has 1 saturated carbocycles. The van der Waals surface area contributed by atoms with E-state index in [1.54, 1.807) is 34.0 Å². The number of benzene rings is 3. The molecule has 3 aromatic carbocycles. The minimum atomic E-state index is -0.419. The lowest BCUT2D eigenvalue weighted by Crippen LogP contribution is -2.47. The van der Waals surface area contributed by atoms with Gasteiger partial charge in [0.2, 0.25) is 0 Å². The molecule has 49 heavy (non-hydrogen) atoms. The molecule has 1 aliphatic carbocycles. The predicted molar refractivity (Wildman–Crippen MR) is 190 cm³/mol. The number of hydrogen-bond donors (Lipinski definition) is 1. The minimum Gasteiger partial charge on any atom is -0.490 e. The Kier molecular flexibility index (Phi) is 8.94. The fourth-order valence-corrected chi connectivity index (χ4v) is 6.53. The van der Waals surface area contributed by atoms with Crippen LogP contribution in [0.25, 0.3) is 16.9 Å². The summed E-state index contributed by atoms with van der Waals surface area (Å²) >= 11 is 3.52. The van der Waals surface area contributed by atoms with Crippen molar-refractivity contribution in [3.63, 3.8) is 0 Å². The third-order valence-electron chi connectivity index (χ3n) is 9.17. The quantitative estimate of drug-likeness (QED) is 0.193. The van der Waals surface area contributed by atoms with Gasteiger partial charge in [0.25, 0.3) is 11.8 Å². The first-order chi connectivity index (χ1) is 23.7. The summed E-state index contributed by atoms with van der Waals surface area (Å²) in [6.45, 7) is 6.45. The highest BCUT2D eigenvalue weighted by molar-refractivity contribution is 9.10. The molecular weight excluding hydrogens is 684 g/mol. The highest BCUT2D eigenvalue weighted by Gasteiger charge is 2.35. The number of imidazole rings is 1. The summed E-state index contributed by atoms with van der Waals surface area (Å²) in [6.07, 6.45) is 4.63. The molecule has 0 bridgehead atoms. The number of carbonyl (C=O) groups excluding carboxylic acids is 2. The maximum Gasteiger partial charge on any atom is 0.333 e. The van der Waals surface area contributed by atoms with Crippen LogP contribution in [0.15, 0.2) is 88.4 Å². The van der Waals surface area contributed by atoms with E-state index >= 15 is 0 Å². The zero-order valence-corrected chi connectivity index (χ0v) is 29.2. The van der Waals surface area contributed by atoms with Gasteiger partial charge in [0, 0.05) is 40.4 Å². The fourth-order valence-electron chi connectivity index (χ4n) is 6.28. The number of carbonyl (C=O) groups is 2. The molecule has 2 amide bonds. The second-order valence-corrected chi connectivity index (χ2v) is 13.5. The fraction of sp³-hybridized carbons (Fsp3) is 0.289. The summed E-state index contributed by atoms with van der Waals surface area (Å²) in [7, 11) is 0. The number of fused-ring (bicyclic) bond motifs is 1. The number of ether oxygens (including phenoxy) is 1. The first-order valence-electron chi connectivity index (χ1n) is 16.6. The summed E-state index contributed by atoms with van der Waals surface area (Å²) in [6, 6.07) is 22.2. The first-order valence-corrected chi connectivity index (χ1v) is 17.4. The molecular formula is C38H37BrN6O4. The van der Waals surface area contributed by atoms with E-state index in [0.717, 1.165) is 57.6 Å². The number of aryl methyl sites for hydroxylation is 2. The molecule has 2 aromatic heterocycles.